The van der Waals surface area contributed by atoms with Gasteiger partial charge in [0, 0.05) is 51.1 Å². The number of nitrogens with zero attached hydrogens (tertiary/aromatic N) is 6. The summed E-state index contributed by atoms with van der Waals surface area (Å²) in [6, 6.07) is 7.33. The molecule has 5 heterocycles. The zero-order valence-electron chi connectivity index (χ0n) is 27.8. The molecule has 0 radical (unpaired) electrons. The summed E-state index contributed by atoms with van der Waals surface area (Å²) < 4.78 is 46.0. The maximum atomic E-state index is 12.9. The fourth-order valence-corrected chi connectivity index (χ4v) is 6.75. The van der Waals surface area contributed by atoms with Gasteiger partial charge in [-0.15, -0.1) is 0 Å². The largest absolute Gasteiger partial charge is 0.444 e. The van der Waals surface area contributed by atoms with Crippen LogP contribution in [0.5, 0.6) is 0 Å². The number of hydrogen-bond acceptors (Lipinski definition) is 11. The summed E-state index contributed by atoms with van der Waals surface area (Å²) in [7, 11) is -0.418. The van der Waals surface area contributed by atoms with E-state index >= 15 is 0 Å². The molecule has 47 heavy (non-hydrogen) atoms. The highest BCUT2D eigenvalue weighted by Gasteiger charge is 2.46. The molecule has 2 atom stereocenters. The van der Waals surface area contributed by atoms with E-state index in [1.165, 1.54) is 4.90 Å². The van der Waals surface area contributed by atoms with E-state index in [0.29, 0.717) is 54.5 Å². The first-order valence-corrected chi connectivity index (χ1v) is 17.5. The lowest BCUT2D eigenvalue weighted by molar-refractivity contribution is -0.148. The van der Waals surface area contributed by atoms with Crippen molar-refractivity contribution in [2.45, 2.75) is 82.7 Å². The van der Waals surface area contributed by atoms with E-state index in [-0.39, 0.29) is 36.8 Å². The van der Waals surface area contributed by atoms with Crippen LogP contribution in [0.1, 0.15) is 78.8 Å². The Bertz CT molecular complexity index is 1850. The van der Waals surface area contributed by atoms with Crippen molar-refractivity contribution in [2.24, 2.45) is 0 Å². The predicted octanol–water partition coefficient (Wildman–Crippen LogP) is 3.60. The third-order valence-corrected chi connectivity index (χ3v) is 9.31. The Labute approximate surface area is 274 Å². The van der Waals surface area contributed by atoms with E-state index in [0.717, 1.165) is 23.1 Å². The van der Waals surface area contributed by atoms with Crippen molar-refractivity contribution >= 4 is 33.3 Å². The standard InChI is InChI=1S/C32H41N7O7S/c1-19-22-10-9-20(33-30(41)46-31(2,3)4)13-24(22)32(18-44-19)15-26-23(17-45-32)27(35-29(34-26)47(7,42)43)38-11-8-12-39-21(16-38)14-25(36-39)28(40)37(5)6/h9-10,13-14,19H,8,11-12,15-18H2,1-7H3,(H,33,41)/t19-,32-/m0/s1. The summed E-state index contributed by atoms with van der Waals surface area (Å²) in [4.78, 5) is 37.9. The average Bonchev–Trinajstić information content (AvgIpc) is 3.27. The van der Waals surface area contributed by atoms with Gasteiger partial charge in [-0.3, -0.25) is 14.8 Å². The fourth-order valence-electron chi connectivity index (χ4n) is 6.22. The molecule has 14 nitrogen and oxygen atoms in total. The minimum absolute atomic E-state index is 0.107. The van der Waals surface area contributed by atoms with Gasteiger partial charge in [0.05, 0.1) is 37.3 Å². The molecular formula is C32H41N7O7S. The molecule has 3 aliphatic heterocycles. The summed E-state index contributed by atoms with van der Waals surface area (Å²) in [5, 5.41) is 7.07. The fraction of sp³-hybridized carbons (Fsp3) is 0.531. The van der Waals surface area contributed by atoms with Crippen molar-refractivity contribution in [3.63, 3.8) is 0 Å². The van der Waals surface area contributed by atoms with Crippen molar-refractivity contribution in [1.82, 2.24) is 24.6 Å². The van der Waals surface area contributed by atoms with Crippen molar-refractivity contribution in [1.29, 1.82) is 0 Å². The zero-order valence-corrected chi connectivity index (χ0v) is 28.6. The van der Waals surface area contributed by atoms with Gasteiger partial charge in [0.15, 0.2) is 5.69 Å². The number of ether oxygens (including phenoxy) is 3. The Balaban J connectivity index is 1.38. The molecule has 15 heteroatoms. The quantitative estimate of drug-likeness (QED) is 0.406. The number of fused-ring (bicyclic) bond motifs is 4. The minimum Gasteiger partial charge on any atom is -0.444 e. The lowest BCUT2D eigenvalue weighted by Crippen LogP contribution is -2.45. The molecule has 1 N–H and O–H groups in total. The number of aryl methyl sites for hydroxylation is 1. The highest BCUT2D eigenvalue weighted by molar-refractivity contribution is 7.90. The number of rotatable bonds is 4. The van der Waals surface area contributed by atoms with E-state index in [1.54, 1.807) is 47.0 Å². The SMILES string of the molecule is C[C@@H]1OC[C@@]2(Cc3nc(S(C)(=O)=O)nc(N4CCCn5nc(C(=O)N(C)C)cc5C4)c3CO2)c2cc(NC(=O)OC(C)(C)C)ccc21. The van der Waals surface area contributed by atoms with Crippen LogP contribution in [0.3, 0.4) is 0 Å². The number of amides is 2. The molecular weight excluding hydrogens is 626 g/mol. The second-order valence-corrected chi connectivity index (χ2v) is 15.5. The van der Waals surface area contributed by atoms with Crippen LogP contribution < -0.4 is 10.2 Å². The maximum Gasteiger partial charge on any atom is 0.412 e. The van der Waals surface area contributed by atoms with Gasteiger partial charge in [0.1, 0.15) is 17.0 Å². The molecule has 2 aromatic heterocycles. The van der Waals surface area contributed by atoms with Gasteiger partial charge >= 0.3 is 6.09 Å². The number of sulfone groups is 1. The summed E-state index contributed by atoms with van der Waals surface area (Å²) in [5.41, 5.74) is 3.04. The Morgan fingerprint density at radius 2 is 1.91 bits per heavy atom. The molecule has 0 fully saturated rings. The van der Waals surface area contributed by atoms with Crippen molar-refractivity contribution in [3.05, 3.63) is 58.0 Å². The van der Waals surface area contributed by atoms with Crippen LogP contribution in [0.25, 0.3) is 0 Å². The van der Waals surface area contributed by atoms with Gasteiger partial charge in [-0.1, -0.05) is 6.07 Å². The molecule has 3 aliphatic rings. The number of nitrogens with one attached hydrogen (secondary N) is 1. The van der Waals surface area contributed by atoms with Crippen LogP contribution in [-0.2, 0) is 55.8 Å². The average molecular weight is 668 g/mol. The number of hydrogen-bond donors (Lipinski definition) is 1. The third kappa shape index (κ3) is 6.56. The van der Waals surface area contributed by atoms with E-state index in [1.807, 2.05) is 28.6 Å². The highest BCUT2D eigenvalue weighted by atomic mass is 32.2. The van der Waals surface area contributed by atoms with Gasteiger partial charge < -0.3 is 24.0 Å². The van der Waals surface area contributed by atoms with Gasteiger partial charge in [-0.2, -0.15) is 5.10 Å². The summed E-state index contributed by atoms with van der Waals surface area (Å²) in [6.07, 6.45) is 1.22. The number of anilines is 2. The van der Waals surface area contributed by atoms with Crippen LogP contribution in [0.15, 0.2) is 29.4 Å². The Morgan fingerprint density at radius 3 is 2.62 bits per heavy atom. The first-order valence-electron chi connectivity index (χ1n) is 15.6. The van der Waals surface area contributed by atoms with Crippen LogP contribution in [0, 0.1) is 0 Å². The van der Waals surface area contributed by atoms with Crippen LogP contribution >= 0.6 is 0 Å². The number of aromatic nitrogens is 4. The number of carbonyl (C=O) groups is 2. The monoisotopic (exact) mass is 667 g/mol. The first-order chi connectivity index (χ1) is 22.0. The molecule has 2 amide bonds. The highest BCUT2D eigenvalue weighted by Crippen LogP contribution is 2.46. The molecule has 1 aromatic carbocycles. The van der Waals surface area contributed by atoms with Gasteiger partial charge in [-0.25, -0.2) is 23.2 Å². The van der Waals surface area contributed by atoms with Crippen LogP contribution in [0.2, 0.25) is 0 Å². The van der Waals surface area contributed by atoms with Crippen LogP contribution in [-0.4, -0.2) is 84.2 Å². The Hall–Kier alpha value is -4.08. The molecule has 3 aromatic rings. The molecule has 6 rings (SSSR count). The number of carbonyl (C=O) groups excluding carboxylic acids is 2. The topological polar surface area (TPSA) is 158 Å². The molecule has 252 valence electrons. The Kier molecular flexibility index (Phi) is 8.29. The molecule has 0 bridgehead atoms. The van der Waals surface area contributed by atoms with Crippen LogP contribution in [0.4, 0.5) is 16.3 Å². The predicted molar refractivity (Wildman–Crippen MR) is 172 cm³/mol. The van der Waals surface area contributed by atoms with E-state index in [9.17, 15) is 18.0 Å². The summed E-state index contributed by atoms with van der Waals surface area (Å²) in [5.74, 6) is 0.287. The molecule has 0 unspecified atom stereocenters. The zero-order chi connectivity index (χ0) is 33.9. The minimum atomic E-state index is -3.78. The van der Waals surface area contributed by atoms with E-state index < -0.39 is 27.1 Å². The number of benzene rings is 1. The second-order valence-electron chi connectivity index (χ2n) is 13.6. The Morgan fingerprint density at radius 1 is 1.15 bits per heavy atom. The lowest BCUT2D eigenvalue weighted by Gasteiger charge is -2.44. The third-order valence-electron chi connectivity index (χ3n) is 8.46. The summed E-state index contributed by atoms with van der Waals surface area (Å²) >= 11 is 0. The molecule has 0 aliphatic carbocycles. The molecule has 0 saturated carbocycles. The molecule has 1 spiro atoms. The van der Waals surface area contributed by atoms with Gasteiger partial charge in [0.2, 0.25) is 15.0 Å². The van der Waals surface area contributed by atoms with Gasteiger partial charge in [-0.05, 0) is 63.4 Å². The molecule has 0 saturated heterocycles. The maximum absolute atomic E-state index is 12.9. The summed E-state index contributed by atoms with van der Waals surface area (Å²) in [6.45, 7) is 9.21. The van der Waals surface area contributed by atoms with E-state index in [2.05, 4.69) is 20.4 Å². The second kappa shape index (κ2) is 11.9. The van der Waals surface area contributed by atoms with E-state index in [4.69, 9.17) is 14.2 Å². The first kappa shape index (κ1) is 32.8. The van der Waals surface area contributed by atoms with Crippen molar-refractivity contribution in [3.8, 4) is 0 Å². The van der Waals surface area contributed by atoms with Crippen molar-refractivity contribution < 1.29 is 32.2 Å². The normalized spacial score (nSPS) is 20.9. The lowest BCUT2D eigenvalue weighted by atomic mass is 9.80. The van der Waals surface area contributed by atoms with Crippen molar-refractivity contribution in [2.75, 3.05) is 43.7 Å². The smallest absolute Gasteiger partial charge is 0.412 e. The van der Waals surface area contributed by atoms with Gasteiger partial charge in [0.25, 0.3) is 5.91 Å².